The third-order valence-corrected chi connectivity index (χ3v) is 5.21. The molecule has 0 aliphatic carbocycles. The molecule has 0 saturated heterocycles. The molecular formula is C25H33N3O4. The molecule has 7 nitrogen and oxygen atoms in total. The summed E-state index contributed by atoms with van der Waals surface area (Å²) < 4.78 is 10.6. The van der Waals surface area contributed by atoms with Crippen LogP contribution >= 0.6 is 0 Å². The molecule has 2 amide bonds. The lowest BCUT2D eigenvalue weighted by molar-refractivity contribution is -0.134. The normalized spacial score (nSPS) is 12.2. The van der Waals surface area contributed by atoms with E-state index in [-0.39, 0.29) is 17.7 Å². The molecule has 0 aromatic heterocycles. The Morgan fingerprint density at radius 2 is 1.62 bits per heavy atom. The van der Waals surface area contributed by atoms with Gasteiger partial charge in [-0.1, -0.05) is 27.7 Å². The summed E-state index contributed by atoms with van der Waals surface area (Å²) in [6.07, 6.45) is 1.59. The van der Waals surface area contributed by atoms with Crippen LogP contribution in [0.5, 0.6) is 11.5 Å². The summed E-state index contributed by atoms with van der Waals surface area (Å²) in [5.74, 6) is -0.160. The molecule has 1 atom stereocenters. The lowest BCUT2D eigenvalue weighted by atomic mass is 9.94. The van der Waals surface area contributed by atoms with Gasteiger partial charge in [0.15, 0.2) is 0 Å². The van der Waals surface area contributed by atoms with Crippen molar-refractivity contribution in [2.75, 3.05) is 19.5 Å². The number of ether oxygens (including phenoxy) is 2. The van der Waals surface area contributed by atoms with Gasteiger partial charge in [0.05, 0.1) is 20.4 Å². The average Bonchev–Trinajstić information content (AvgIpc) is 2.74. The second-order valence-electron chi connectivity index (χ2n) is 8.28. The Bertz CT molecular complexity index is 966. The molecule has 2 aromatic carbocycles. The minimum atomic E-state index is -0.891. The maximum Gasteiger partial charge on any atom is 0.252 e. The van der Waals surface area contributed by atoms with Crippen molar-refractivity contribution in [3.8, 4) is 11.5 Å². The third kappa shape index (κ3) is 6.33. The van der Waals surface area contributed by atoms with Gasteiger partial charge in [-0.15, -0.1) is 0 Å². The Hall–Kier alpha value is -3.35. The number of anilines is 1. The van der Waals surface area contributed by atoms with Crippen LogP contribution in [-0.2, 0) is 9.59 Å². The predicted octanol–water partition coefficient (Wildman–Crippen LogP) is 4.50. The highest BCUT2D eigenvalue weighted by atomic mass is 16.5. The molecule has 2 N–H and O–H groups in total. The second-order valence-corrected chi connectivity index (χ2v) is 8.28. The minimum Gasteiger partial charge on any atom is -0.497 e. The van der Waals surface area contributed by atoms with Crippen molar-refractivity contribution >= 4 is 23.7 Å². The number of hydrazone groups is 1. The monoisotopic (exact) mass is 439 g/mol. The van der Waals surface area contributed by atoms with E-state index in [1.54, 1.807) is 44.7 Å². The molecule has 0 bridgehead atoms. The molecule has 7 heteroatoms. The largest absolute Gasteiger partial charge is 0.497 e. The number of carbonyl (C=O) groups is 2. The molecule has 1 unspecified atom stereocenters. The molecule has 0 spiro atoms. The van der Waals surface area contributed by atoms with Crippen LogP contribution in [0.2, 0.25) is 0 Å². The summed E-state index contributed by atoms with van der Waals surface area (Å²) in [6, 6.07) is 10.9. The van der Waals surface area contributed by atoms with Crippen molar-refractivity contribution in [2.24, 2.45) is 16.9 Å². The van der Waals surface area contributed by atoms with Crippen LogP contribution < -0.4 is 20.2 Å². The topological polar surface area (TPSA) is 89.0 Å². The first-order valence-electron chi connectivity index (χ1n) is 10.6. The number of hydrogen-bond acceptors (Lipinski definition) is 5. The van der Waals surface area contributed by atoms with Gasteiger partial charge in [0, 0.05) is 5.69 Å². The first-order valence-corrected chi connectivity index (χ1v) is 10.6. The molecule has 2 rings (SSSR count). The van der Waals surface area contributed by atoms with E-state index in [0.29, 0.717) is 11.4 Å². The Kier molecular flexibility index (Phi) is 8.81. The zero-order chi connectivity index (χ0) is 23.8. The van der Waals surface area contributed by atoms with Gasteiger partial charge in [-0.05, 0) is 71.8 Å². The Morgan fingerprint density at radius 3 is 2.16 bits per heavy atom. The molecule has 0 fully saturated rings. The quantitative estimate of drug-likeness (QED) is 0.342. The fourth-order valence-electron chi connectivity index (χ4n) is 3.34. The van der Waals surface area contributed by atoms with Gasteiger partial charge in [-0.25, -0.2) is 5.43 Å². The molecule has 0 radical (unpaired) electrons. The summed E-state index contributed by atoms with van der Waals surface area (Å²) in [4.78, 5) is 25.5. The fourth-order valence-corrected chi connectivity index (χ4v) is 3.34. The second kappa shape index (κ2) is 11.3. The highest BCUT2D eigenvalue weighted by Crippen LogP contribution is 2.29. The summed E-state index contributed by atoms with van der Waals surface area (Å²) in [7, 11) is 3.22. The standard InChI is InChI=1S/C25H33N3O4/c1-15(2)21-13-18(17(5)12-22(21)32-7)14-26-28-25(30)23(16(3)4)24(29)27-19-8-10-20(31-6)11-9-19/h8-16,23H,1-7H3,(H,27,29)(H,28,30). The number of hydrogen-bond donors (Lipinski definition) is 2. The van der Waals surface area contributed by atoms with Crippen molar-refractivity contribution in [2.45, 2.75) is 40.5 Å². The van der Waals surface area contributed by atoms with Crippen molar-refractivity contribution in [3.05, 3.63) is 53.1 Å². The molecule has 0 heterocycles. The van der Waals surface area contributed by atoms with Crippen LogP contribution in [0.1, 0.15) is 50.3 Å². The van der Waals surface area contributed by atoms with Crippen LogP contribution in [0.3, 0.4) is 0 Å². The number of aryl methyl sites for hydroxylation is 1. The number of rotatable bonds is 9. The molecular weight excluding hydrogens is 406 g/mol. The average molecular weight is 440 g/mol. The highest BCUT2D eigenvalue weighted by molar-refractivity contribution is 6.06. The fraction of sp³-hybridized carbons (Fsp3) is 0.400. The highest BCUT2D eigenvalue weighted by Gasteiger charge is 2.30. The molecule has 2 aromatic rings. The first-order chi connectivity index (χ1) is 15.2. The van der Waals surface area contributed by atoms with Gasteiger partial charge < -0.3 is 14.8 Å². The van der Waals surface area contributed by atoms with Gasteiger partial charge in [-0.3, -0.25) is 9.59 Å². The minimum absolute atomic E-state index is 0.210. The van der Waals surface area contributed by atoms with E-state index in [0.717, 1.165) is 22.4 Å². The van der Waals surface area contributed by atoms with Crippen molar-refractivity contribution in [3.63, 3.8) is 0 Å². The molecule has 0 aliphatic rings. The van der Waals surface area contributed by atoms with E-state index in [2.05, 4.69) is 29.7 Å². The van der Waals surface area contributed by atoms with Crippen LogP contribution in [0.15, 0.2) is 41.5 Å². The van der Waals surface area contributed by atoms with E-state index >= 15 is 0 Å². The number of amides is 2. The molecule has 0 saturated carbocycles. The van der Waals surface area contributed by atoms with Crippen LogP contribution in [0, 0.1) is 18.8 Å². The maximum atomic E-state index is 12.8. The van der Waals surface area contributed by atoms with E-state index in [4.69, 9.17) is 9.47 Å². The van der Waals surface area contributed by atoms with E-state index in [1.807, 2.05) is 32.9 Å². The summed E-state index contributed by atoms with van der Waals surface area (Å²) in [5.41, 5.74) is 6.02. The van der Waals surface area contributed by atoms with Gasteiger partial charge in [0.1, 0.15) is 17.4 Å². The lowest BCUT2D eigenvalue weighted by Crippen LogP contribution is -2.39. The number of methoxy groups -OCH3 is 2. The van der Waals surface area contributed by atoms with Crippen molar-refractivity contribution in [1.29, 1.82) is 0 Å². The molecule has 0 aliphatic heterocycles. The van der Waals surface area contributed by atoms with Crippen LogP contribution in [-0.4, -0.2) is 32.2 Å². The number of nitrogens with one attached hydrogen (secondary N) is 2. The zero-order valence-electron chi connectivity index (χ0n) is 19.9. The number of nitrogens with zero attached hydrogens (tertiary/aromatic N) is 1. The molecule has 32 heavy (non-hydrogen) atoms. The smallest absolute Gasteiger partial charge is 0.252 e. The van der Waals surface area contributed by atoms with Gasteiger partial charge >= 0.3 is 0 Å². The third-order valence-electron chi connectivity index (χ3n) is 5.21. The predicted molar refractivity (Wildman–Crippen MR) is 128 cm³/mol. The van der Waals surface area contributed by atoms with Crippen molar-refractivity contribution < 1.29 is 19.1 Å². The summed E-state index contributed by atoms with van der Waals surface area (Å²) in [5, 5.41) is 6.90. The number of benzene rings is 2. The SMILES string of the molecule is COc1ccc(NC(=O)C(C(=O)NN=Cc2cc(C(C)C)c(OC)cc2C)C(C)C)cc1. The van der Waals surface area contributed by atoms with Gasteiger partial charge in [0.25, 0.3) is 5.91 Å². The van der Waals surface area contributed by atoms with Crippen LogP contribution in [0.25, 0.3) is 0 Å². The Morgan fingerprint density at radius 1 is 0.969 bits per heavy atom. The zero-order valence-corrected chi connectivity index (χ0v) is 19.9. The maximum absolute atomic E-state index is 12.8. The summed E-state index contributed by atoms with van der Waals surface area (Å²) in [6.45, 7) is 9.78. The van der Waals surface area contributed by atoms with Crippen LogP contribution in [0.4, 0.5) is 5.69 Å². The summed E-state index contributed by atoms with van der Waals surface area (Å²) >= 11 is 0. The van der Waals surface area contributed by atoms with E-state index in [9.17, 15) is 9.59 Å². The van der Waals surface area contributed by atoms with Gasteiger partial charge in [-0.2, -0.15) is 5.10 Å². The lowest BCUT2D eigenvalue weighted by Gasteiger charge is -2.18. The Balaban J connectivity index is 2.12. The van der Waals surface area contributed by atoms with Crippen molar-refractivity contribution in [1.82, 2.24) is 5.43 Å². The Labute approximate surface area is 190 Å². The van der Waals surface area contributed by atoms with E-state index in [1.165, 1.54) is 0 Å². The first kappa shape index (κ1) is 24.9. The number of carbonyl (C=O) groups excluding carboxylic acids is 2. The van der Waals surface area contributed by atoms with E-state index < -0.39 is 11.8 Å². The van der Waals surface area contributed by atoms with Gasteiger partial charge in [0.2, 0.25) is 5.91 Å². The molecule has 172 valence electrons.